The van der Waals surface area contributed by atoms with E-state index in [1.807, 2.05) is 29.6 Å². The van der Waals surface area contributed by atoms with E-state index in [1.54, 1.807) is 12.1 Å². The molecule has 0 radical (unpaired) electrons. The molecule has 1 aromatic carbocycles. The SMILES string of the molecule is O=C(COc1ncnc2sccc12)c1ccccc1. The van der Waals surface area contributed by atoms with Crippen LogP contribution in [0.3, 0.4) is 0 Å². The van der Waals surface area contributed by atoms with Crippen molar-refractivity contribution < 1.29 is 9.53 Å². The van der Waals surface area contributed by atoms with E-state index in [0.29, 0.717) is 11.4 Å². The van der Waals surface area contributed by atoms with Crippen LogP contribution in [0, 0.1) is 0 Å². The number of benzene rings is 1. The van der Waals surface area contributed by atoms with Crippen molar-refractivity contribution in [2.45, 2.75) is 0 Å². The topological polar surface area (TPSA) is 52.1 Å². The smallest absolute Gasteiger partial charge is 0.225 e. The van der Waals surface area contributed by atoms with Gasteiger partial charge < -0.3 is 4.74 Å². The van der Waals surface area contributed by atoms with Crippen LogP contribution in [-0.2, 0) is 0 Å². The lowest BCUT2D eigenvalue weighted by molar-refractivity contribution is 0.0919. The normalized spacial score (nSPS) is 10.5. The zero-order valence-electron chi connectivity index (χ0n) is 9.95. The number of nitrogens with zero attached hydrogens (tertiary/aromatic N) is 2. The summed E-state index contributed by atoms with van der Waals surface area (Å²) in [5, 5.41) is 2.76. The molecule has 5 heteroatoms. The van der Waals surface area contributed by atoms with E-state index >= 15 is 0 Å². The molecular formula is C14H10N2O2S. The van der Waals surface area contributed by atoms with Gasteiger partial charge in [0.05, 0.1) is 5.39 Å². The van der Waals surface area contributed by atoms with Crippen molar-refractivity contribution in [1.82, 2.24) is 9.97 Å². The highest BCUT2D eigenvalue weighted by atomic mass is 32.1. The van der Waals surface area contributed by atoms with Crippen molar-refractivity contribution in [3.8, 4) is 5.88 Å². The predicted octanol–water partition coefficient (Wildman–Crippen LogP) is 2.95. The van der Waals surface area contributed by atoms with Crippen molar-refractivity contribution in [3.63, 3.8) is 0 Å². The van der Waals surface area contributed by atoms with Crippen LogP contribution in [0.5, 0.6) is 5.88 Å². The fourth-order valence-electron chi connectivity index (χ4n) is 1.72. The van der Waals surface area contributed by atoms with Gasteiger partial charge in [-0.2, -0.15) is 0 Å². The number of hydrogen-bond donors (Lipinski definition) is 0. The minimum atomic E-state index is -0.0670. The van der Waals surface area contributed by atoms with Crippen LogP contribution in [0.2, 0.25) is 0 Å². The van der Waals surface area contributed by atoms with Gasteiger partial charge in [0.2, 0.25) is 5.88 Å². The summed E-state index contributed by atoms with van der Waals surface area (Å²) in [5.74, 6) is 0.387. The summed E-state index contributed by atoms with van der Waals surface area (Å²) < 4.78 is 5.50. The number of ether oxygens (including phenoxy) is 1. The number of thiophene rings is 1. The summed E-state index contributed by atoms with van der Waals surface area (Å²) >= 11 is 1.52. The van der Waals surface area contributed by atoms with Gasteiger partial charge in [-0.3, -0.25) is 4.79 Å². The monoisotopic (exact) mass is 270 g/mol. The lowest BCUT2D eigenvalue weighted by atomic mass is 10.1. The first-order chi connectivity index (χ1) is 9.34. The first kappa shape index (κ1) is 11.8. The summed E-state index contributed by atoms with van der Waals surface area (Å²) in [6.07, 6.45) is 1.45. The van der Waals surface area contributed by atoms with Gasteiger partial charge in [-0.05, 0) is 11.4 Å². The third-order valence-corrected chi connectivity index (χ3v) is 3.48. The summed E-state index contributed by atoms with van der Waals surface area (Å²) in [7, 11) is 0. The van der Waals surface area contributed by atoms with Gasteiger partial charge in [0.15, 0.2) is 12.4 Å². The summed E-state index contributed by atoms with van der Waals surface area (Å²) in [6, 6.07) is 11.0. The largest absolute Gasteiger partial charge is 0.469 e. The van der Waals surface area contributed by atoms with Gasteiger partial charge in [-0.25, -0.2) is 9.97 Å². The Balaban J connectivity index is 1.76. The molecule has 0 spiro atoms. The third-order valence-electron chi connectivity index (χ3n) is 2.66. The van der Waals surface area contributed by atoms with Gasteiger partial charge in [0, 0.05) is 5.56 Å². The van der Waals surface area contributed by atoms with Gasteiger partial charge in [0.25, 0.3) is 0 Å². The van der Waals surface area contributed by atoms with E-state index in [0.717, 1.165) is 10.2 Å². The molecule has 0 saturated heterocycles. The van der Waals surface area contributed by atoms with Crippen molar-refractivity contribution in [1.29, 1.82) is 0 Å². The Morgan fingerprint density at radius 2 is 2.00 bits per heavy atom. The molecule has 0 N–H and O–H groups in total. The molecule has 0 unspecified atom stereocenters. The maximum atomic E-state index is 11.9. The fraction of sp³-hybridized carbons (Fsp3) is 0.0714. The maximum Gasteiger partial charge on any atom is 0.225 e. The molecule has 19 heavy (non-hydrogen) atoms. The molecular weight excluding hydrogens is 260 g/mol. The molecule has 0 saturated carbocycles. The van der Waals surface area contributed by atoms with Crippen molar-refractivity contribution in [2.24, 2.45) is 0 Å². The highest BCUT2D eigenvalue weighted by Gasteiger charge is 2.09. The fourth-order valence-corrected chi connectivity index (χ4v) is 2.45. The quantitative estimate of drug-likeness (QED) is 0.684. The summed E-state index contributed by atoms with van der Waals surface area (Å²) in [4.78, 5) is 21.0. The van der Waals surface area contributed by atoms with Crippen molar-refractivity contribution in [3.05, 3.63) is 53.7 Å². The van der Waals surface area contributed by atoms with E-state index in [4.69, 9.17) is 4.74 Å². The van der Waals surface area contributed by atoms with E-state index in [-0.39, 0.29) is 12.4 Å². The van der Waals surface area contributed by atoms with Crippen LogP contribution in [0.1, 0.15) is 10.4 Å². The number of hydrogen-bond acceptors (Lipinski definition) is 5. The zero-order valence-corrected chi connectivity index (χ0v) is 10.8. The minimum absolute atomic E-state index is 0.0219. The maximum absolute atomic E-state index is 11.9. The van der Waals surface area contributed by atoms with Crippen LogP contribution in [0.4, 0.5) is 0 Å². The standard InChI is InChI=1S/C14H10N2O2S/c17-12(10-4-2-1-3-5-10)8-18-13-11-6-7-19-14(11)16-9-15-13/h1-7,9H,8H2. The summed E-state index contributed by atoms with van der Waals surface area (Å²) in [6.45, 7) is -0.0219. The molecule has 0 fully saturated rings. The second kappa shape index (κ2) is 5.16. The van der Waals surface area contributed by atoms with Crippen LogP contribution < -0.4 is 4.74 Å². The Hall–Kier alpha value is -2.27. The predicted molar refractivity (Wildman–Crippen MR) is 73.7 cm³/mol. The average Bonchev–Trinajstić information content (AvgIpc) is 2.94. The number of carbonyl (C=O) groups is 1. The number of carbonyl (C=O) groups excluding carboxylic acids is 1. The molecule has 4 nitrogen and oxygen atoms in total. The molecule has 0 amide bonds. The molecule has 0 atom stereocenters. The molecule has 0 bridgehead atoms. The van der Waals surface area contributed by atoms with Crippen LogP contribution in [0.15, 0.2) is 48.1 Å². The molecule has 0 aliphatic carbocycles. The highest BCUT2D eigenvalue weighted by molar-refractivity contribution is 7.16. The third kappa shape index (κ3) is 2.46. The molecule has 0 aliphatic heterocycles. The second-order valence-corrected chi connectivity index (χ2v) is 4.79. The van der Waals surface area contributed by atoms with Gasteiger partial charge >= 0.3 is 0 Å². The number of rotatable bonds is 4. The Morgan fingerprint density at radius 3 is 2.84 bits per heavy atom. The molecule has 2 heterocycles. The van der Waals surface area contributed by atoms with Crippen LogP contribution in [-0.4, -0.2) is 22.4 Å². The van der Waals surface area contributed by atoms with Crippen molar-refractivity contribution in [2.75, 3.05) is 6.61 Å². The minimum Gasteiger partial charge on any atom is -0.469 e. The van der Waals surface area contributed by atoms with Crippen molar-refractivity contribution >= 4 is 27.3 Å². The molecule has 2 aromatic heterocycles. The Labute approximate surface area is 113 Å². The number of Topliss-reactive ketones (excluding diaryl/α,β-unsaturated/α-hetero) is 1. The first-order valence-electron chi connectivity index (χ1n) is 5.74. The van der Waals surface area contributed by atoms with E-state index < -0.39 is 0 Å². The Bertz CT molecular complexity index is 710. The molecule has 3 aromatic rings. The van der Waals surface area contributed by atoms with E-state index in [9.17, 15) is 4.79 Å². The van der Waals surface area contributed by atoms with E-state index in [1.165, 1.54) is 17.7 Å². The van der Waals surface area contributed by atoms with Crippen LogP contribution in [0.25, 0.3) is 10.2 Å². The van der Waals surface area contributed by atoms with E-state index in [2.05, 4.69) is 9.97 Å². The number of ketones is 1. The molecule has 3 rings (SSSR count). The summed E-state index contributed by atoms with van der Waals surface area (Å²) in [5.41, 5.74) is 0.637. The second-order valence-electron chi connectivity index (χ2n) is 3.90. The number of aromatic nitrogens is 2. The lowest BCUT2D eigenvalue weighted by Gasteiger charge is -2.05. The zero-order chi connectivity index (χ0) is 13.1. The first-order valence-corrected chi connectivity index (χ1v) is 6.62. The highest BCUT2D eigenvalue weighted by Crippen LogP contribution is 2.25. The van der Waals surface area contributed by atoms with Gasteiger partial charge in [-0.1, -0.05) is 30.3 Å². The van der Waals surface area contributed by atoms with Crippen LogP contribution >= 0.6 is 11.3 Å². The average molecular weight is 270 g/mol. The lowest BCUT2D eigenvalue weighted by Crippen LogP contribution is -2.12. The Morgan fingerprint density at radius 1 is 1.16 bits per heavy atom. The molecule has 0 aliphatic rings. The van der Waals surface area contributed by atoms with Gasteiger partial charge in [-0.15, -0.1) is 11.3 Å². The molecule has 94 valence electrons. The Kier molecular flexibility index (Phi) is 3.20. The van der Waals surface area contributed by atoms with Gasteiger partial charge in [0.1, 0.15) is 11.2 Å². The number of fused-ring (bicyclic) bond motifs is 1.